The summed E-state index contributed by atoms with van der Waals surface area (Å²) in [5, 5.41) is 0. The molecule has 2 heterocycles. The Morgan fingerprint density at radius 2 is 0.833 bits per heavy atom. The summed E-state index contributed by atoms with van der Waals surface area (Å²) < 4.78 is 39.5. The second-order valence-corrected chi connectivity index (χ2v) is 32.4. The number of benzene rings is 2. The van der Waals surface area contributed by atoms with E-state index in [1.54, 1.807) is 0 Å². The molecule has 270 valence electrons. The van der Waals surface area contributed by atoms with Crippen molar-refractivity contribution in [3.63, 3.8) is 0 Å². The molecule has 4 rings (SSSR count). The lowest BCUT2D eigenvalue weighted by Crippen LogP contribution is -2.57. The minimum absolute atomic E-state index is 0.0349. The van der Waals surface area contributed by atoms with Crippen LogP contribution in [0.1, 0.15) is 68.2 Å². The number of hydrogen-bond acceptors (Lipinski definition) is 12. The van der Waals surface area contributed by atoms with E-state index in [4.69, 9.17) is 36.5 Å². The maximum Gasteiger partial charge on any atom is 0.514 e. The summed E-state index contributed by atoms with van der Waals surface area (Å²) >= 11 is 0. The van der Waals surface area contributed by atoms with Crippen LogP contribution in [0.4, 0.5) is 11.4 Å². The first-order valence-electron chi connectivity index (χ1n) is 16.8. The fourth-order valence-corrected chi connectivity index (χ4v) is 45.5. The van der Waals surface area contributed by atoms with Gasteiger partial charge < -0.3 is 26.6 Å². The molecule has 16 heteroatoms. The average molecular weight is 809 g/mol. The molecule has 0 radical (unpaired) electrons. The number of para-hydroxylation sites is 2. The molecule has 2 aromatic carbocycles. The molecule has 4 unspecified atom stereocenters. The maximum atomic E-state index is 6.58. The highest BCUT2D eigenvalue weighted by atomic mass is 33.9. The van der Waals surface area contributed by atoms with Gasteiger partial charge in [-0.25, -0.2) is 9.98 Å². The zero-order chi connectivity index (χ0) is 34.7. The summed E-state index contributed by atoms with van der Waals surface area (Å²) in [5.74, 6) is 0. The third-order valence-corrected chi connectivity index (χ3v) is 40.2. The summed E-state index contributed by atoms with van der Waals surface area (Å²) in [6.45, 7) is 19.9. The first-order valence-corrected chi connectivity index (χ1v) is 29.8. The Labute approximate surface area is 307 Å². The number of aliphatic imine (C=N–C) groups is 2. The van der Waals surface area contributed by atoms with Crippen LogP contribution in [0.5, 0.6) is 0 Å². The Balaban J connectivity index is 1.73. The number of rotatable bonds is 23. The summed E-state index contributed by atoms with van der Waals surface area (Å²) in [6, 6.07) is 17.1. The lowest BCUT2D eigenvalue weighted by Gasteiger charge is -2.47. The molecule has 48 heavy (non-hydrogen) atoms. The van der Waals surface area contributed by atoms with Crippen LogP contribution in [0, 0.1) is 0 Å². The van der Waals surface area contributed by atoms with E-state index in [1.807, 2.05) is 80.8 Å². The fourth-order valence-electron chi connectivity index (χ4n) is 6.26. The number of hydrogen-bond donors (Lipinski definition) is 0. The van der Waals surface area contributed by atoms with Crippen LogP contribution in [0.3, 0.4) is 0 Å². The molecular weight excluding hydrogens is 757 g/mol. The monoisotopic (exact) mass is 808 g/mol. The molecule has 0 fully saturated rings. The normalized spacial score (nSPS) is 24.1. The lowest BCUT2D eigenvalue weighted by molar-refractivity contribution is 0.0683. The highest BCUT2D eigenvalue weighted by Crippen LogP contribution is 2.83. The average Bonchev–Trinajstić information content (AvgIpc) is 3.64. The third-order valence-electron chi connectivity index (χ3n) is 7.87. The van der Waals surface area contributed by atoms with Crippen molar-refractivity contribution in [1.82, 2.24) is 0 Å². The zero-order valence-electron chi connectivity index (χ0n) is 29.4. The second-order valence-electron chi connectivity index (χ2n) is 10.6. The van der Waals surface area contributed by atoms with E-state index in [0.717, 1.165) is 24.2 Å². The van der Waals surface area contributed by atoms with E-state index in [9.17, 15) is 0 Å². The highest BCUT2D eigenvalue weighted by Gasteiger charge is 2.60. The summed E-state index contributed by atoms with van der Waals surface area (Å²) in [5.41, 5.74) is 6.45. The highest BCUT2D eigenvalue weighted by molar-refractivity contribution is 9.48. The Morgan fingerprint density at radius 3 is 1.12 bits per heavy atom. The van der Waals surface area contributed by atoms with Gasteiger partial charge in [0, 0.05) is 49.4 Å². The molecule has 2 aliphatic heterocycles. The zero-order valence-corrected chi connectivity index (χ0v) is 36.3. The van der Waals surface area contributed by atoms with Crippen molar-refractivity contribution < 1.29 is 26.6 Å². The maximum absolute atomic E-state index is 6.58. The van der Waals surface area contributed by atoms with Gasteiger partial charge in [-0.2, -0.15) is 0 Å². The van der Waals surface area contributed by atoms with Crippen molar-refractivity contribution in [2.24, 2.45) is 9.98 Å². The smallest absolute Gasteiger partial charge is 0.373 e. The van der Waals surface area contributed by atoms with Gasteiger partial charge in [0.15, 0.2) is 0 Å². The van der Waals surface area contributed by atoms with Gasteiger partial charge >= 0.3 is 17.6 Å². The van der Waals surface area contributed by atoms with Gasteiger partial charge in [-0.3, -0.25) is 0 Å². The standard InChI is InChI=1S/C32H52N2O6S6Si2/c1-9-31(47(35-11-3,36-12-4)37-13-5)45(25-33-27-21-17-19-23-29(27)45)43-41-42-44-46(26-34-28-22-18-20-24-30(28)46)32(10-2)48(38-14-6,39-15-7)40-16-8/h17-26,31-32H,9-16H2,1-8H3. The molecule has 0 amide bonds. The summed E-state index contributed by atoms with van der Waals surface area (Å²) in [4.78, 5) is 12.6. The van der Waals surface area contributed by atoms with Gasteiger partial charge in [-0.05, 0) is 118 Å². The first-order chi connectivity index (χ1) is 23.4. The van der Waals surface area contributed by atoms with Crippen LogP contribution in [-0.4, -0.2) is 78.1 Å². The molecule has 2 aliphatic rings. The fraction of sp³-hybridized carbons (Fsp3) is 0.562. The van der Waals surface area contributed by atoms with Crippen molar-refractivity contribution in [3.05, 3.63) is 48.5 Å². The molecule has 0 spiro atoms. The van der Waals surface area contributed by atoms with Crippen molar-refractivity contribution >= 4 is 97.5 Å². The summed E-state index contributed by atoms with van der Waals surface area (Å²) in [7, 11) is -2.28. The van der Waals surface area contributed by atoms with Gasteiger partial charge in [0.2, 0.25) is 0 Å². The Morgan fingerprint density at radius 1 is 0.521 bits per heavy atom. The molecule has 0 N–H and O–H groups in total. The molecule has 2 aromatic rings. The van der Waals surface area contributed by atoms with Crippen molar-refractivity contribution in [1.29, 1.82) is 0 Å². The number of fused-ring (bicyclic) bond motifs is 2. The van der Waals surface area contributed by atoms with Crippen LogP contribution >= 0.6 is 57.4 Å². The molecule has 0 aromatic heterocycles. The van der Waals surface area contributed by atoms with Gasteiger partial charge in [0.05, 0.1) is 32.2 Å². The van der Waals surface area contributed by atoms with Gasteiger partial charge in [-0.15, -0.1) is 18.1 Å². The third kappa shape index (κ3) is 8.16. The Bertz CT molecular complexity index is 1250. The quantitative estimate of drug-likeness (QED) is 0.0615. The SMILES string of the molecule is CCO[Si](OCC)(OCC)C(CC)S1(SSSSS2(C(CC)[Si](OCC)(OCC)OCC)C=Nc3ccccc32)C=Nc2ccccc21. The van der Waals surface area contributed by atoms with Crippen LogP contribution in [0.15, 0.2) is 68.3 Å². The van der Waals surface area contributed by atoms with Crippen molar-refractivity contribution in [3.8, 4) is 0 Å². The van der Waals surface area contributed by atoms with Crippen LogP contribution in [-0.2, 0) is 26.6 Å². The van der Waals surface area contributed by atoms with E-state index in [2.05, 4.69) is 73.5 Å². The van der Waals surface area contributed by atoms with Gasteiger partial charge in [0.1, 0.15) is 0 Å². The molecule has 8 nitrogen and oxygen atoms in total. The Kier molecular flexibility index (Phi) is 16.4. The van der Waals surface area contributed by atoms with Crippen LogP contribution < -0.4 is 0 Å². The largest absolute Gasteiger partial charge is 0.514 e. The van der Waals surface area contributed by atoms with Crippen LogP contribution in [0.2, 0.25) is 0 Å². The second kappa shape index (κ2) is 19.2. The molecule has 4 atom stereocenters. The first kappa shape index (κ1) is 40.8. The van der Waals surface area contributed by atoms with Gasteiger partial charge in [-0.1, -0.05) is 38.1 Å². The van der Waals surface area contributed by atoms with E-state index >= 15 is 0 Å². The molecule has 0 saturated carbocycles. The molecule has 0 bridgehead atoms. The van der Waals surface area contributed by atoms with E-state index < -0.39 is 35.7 Å². The van der Waals surface area contributed by atoms with Gasteiger partial charge in [0.25, 0.3) is 0 Å². The molecular formula is C32H52N2O6S6Si2. The Hall–Kier alpha value is 0.0738. The van der Waals surface area contributed by atoms with E-state index in [0.29, 0.717) is 39.6 Å². The van der Waals surface area contributed by atoms with Crippen LogP contribution in [0.25, 0.3) is 0 Å². The molecule has 0 saturated heterocycles. The molecule has 0 aliphatic carbocycles. The lowest BCUT2D eigenvalue weighted by atomic mass is 10.3. The summed E-state index contributed by atoms with van der Waals surface area (Å²) in [6.07, 6.45) is 1.71. The predicted molar refractivity (Wildman–Crippen MR) is 221 cm³/mol. The van der Waals surface area contributed by atoms with E-state index in [-0.39, 0.29) is 9.75 Å². The van der Waals surface area contributed by atoms with Crippen molar-refractivity contribution in [2.45, 2.75) is 87.8 Å². The minimum Gasteiger partial charge on any atom is -0.373 e. The van der Waals surface area contributed by atoms with E-state index in [1.165, 1.54) is 9.79 Å². The van der Waals surface area contributed by atoms with Crippen molar-refractivity contribution in [2.75, 3.05) is 39.6 Å². The minimum atomic E-state index is -3.12. The predicted octanol–water partition coefficient (Wildman–Crippen LogP) is 11.3. The topological polar surface area (TPSA) is 80.1 Å². The number of nitrogens with zero attached hydrogens (tertiary/aromatic N) is 2.